The number of pyridine rings is 2. The summed E-state index contributed by atoms with van der Waals surface area (Å²) < 4.78 is 1.76. The van der Waals surface area contributed by atoms with Gasteiger partial charge in [0, 0.05) is 35.5 Å². The second-order valence-electron chi connectivity index (χ2n) is 10.9. The number of fused-ring (bicyclic) bond motifs is 1. The lowest BCUT2D eigenvalue weighted by molar-refractivity contribution is -0.142. The van der Waals surface area contributed by atoms with Crippen molar-refractivity contribution in [1.29, 1.82) is 5.26 Å². The summed E-state index contributed by atoms with van der Waals surface area (Å²) in [5.41, 5.74) is 1.42. The molecule has 2 unspecified atom stereocenters. The van der Waals surface area contributed by atoms with Gasteiger partial charge in [0.15, 0.2) is 5.41 Å². The van der Waals surface area contributed by atoms with Crippen molar-refractivity contribution < 1.29 is 14.7 Å². The van der Waals surface area contributed by atoms with Gasteiger partial charge in [-0.15, -0.1) is 0 Å². The van der Waals surface area contributed by atoms with E-state index in [-0.39, 0.29) is 22.9 Å². The summed E-state index contributed by atoms with van der Waals surface area (Å²) in [6, 6.07) is 20.8. The summed E-state index contributed by atoms with van der Waals surface area (Å²) >= 11 is 0. The minimum absolute atomic E-state index is 0.0728. The predicted octanol–water partition coefficient (Wildman–Crippen LogP) is 4.66. The molecule has 0 aliphatic heterocycles. The molecular formula is C31H26N4O4. The summed E-state index contributed by atoms with van der Waals surface area (Å²) in [5.74, 6) is -1.87. The van der Waals surface area contributed by atoms with Crippen LogP contribution in [0, 0.1) is 22.2 Å². The second kappa shape index (κ2) is 8.63. The molecule has 39 heavy (non-hydrogen) atoms. The summed E-state index contributed by atoms with van der Waals surface area (Å²) in [6.45, 7) is 3.63. The number of carbonyl (C=O) groups is 2. The molecule has 8 heteroatoms. The summed E-state index contributed by atoms with van der Waals surface area (Å²) in [6.07, 6.45) is 5.01. The molecule has 0 saturated heterocycles. The largest absolute Gasteiger partial charge is 0.480 e. The molecule has 2 heterocycles. The standard InChI is InChI=1S/C31H26N4O4/c1-30(2)26(31(30,17-32)29(38)39)19-10-8-18(9-11-19)20-5-3-6-22(15-20)35-16-24(28(37)34-21-12-13-21)25(36)23-7-4-14-33-27(23)35/h3-11,14-16,21,26H,12-13H2,1-2H3,(H,34,37)(H,38,39). The number of rotatable bonds is 6. The number of hydrogen-bond acceptors (Lipinski definition) is 5. The molecule has 2 atom stereocenters. The molecule has 8 nitrogen and oxygen atoms in total. The van der Waals surface area contributed by atoms with Gasteiger partial charge >= 0.3 is 5.97 Å². The summed E-state index contributed by atoms with van der Waals surface area (Å²) in [7, 11) is 0. The van der Waals surface area contributed by atoms with Crippen LogP contribution in [-0.2, 0) is 4.79 Å². The van der Waals surface area contributed by atoms with Gasteiger partial charge in [-0.25, -0.2) is 4.98 Å². The van der Waals surface area contributed by atoms with E-state index in [0.29, 0.717) is 11.0 Å². The van der Waals surface area contributed by atoms with Gasteiger partial charge in [-0.05, 0) is 53.8 Å². The van der Waals surface area contributed by atoms with Crippen LogP contribution < -0.4 is 10.7 Å². The number of amides is 1. The third-order valence-electron chi connectivity index (χ3n) is 8.22. The number of carboxylic acids is 1. The van der Waals surface area contributed by atoms with Crippen LogP contribution in [0.15, 0.2) is 77.9 Å². The van der Waals surface area contributed by atoms with Crippen molar-refractivity contribution in [2.75, 3.05) is 0 Å². The topological polar surface area (TPSA) is 125 Å². The van der Waals surface area contributed by atoms with E-state index in [1.54, 1.807) is 29.1 Å². The third kappa shape index (κ3) is 3.73. The smallest absolute Gasteiger partial charge is 0.325 e. The van der Waals surface area contributed by atoms with E-state index in [1.165, 1.54) is 0 Å². The van der Waals surface area contributed by atoms with Crippen LogP contribution in [0.25, 0.3) is 27.8 Å². The van der Waals surface area contributed by atoms with Crippen LogP contribution in [0.1, 0.15) is 48.5 Å². The number of nitriles is 1. The average Bonchev–Trinajstić information content (AvgIpc) is 3.84. The molecule has 2 saturated carbocycles. The van der Waals surface area contributed by atoms with Crippen LogP contribution in [0.5, 0.6) is 0 Å². The quantitative estimate of drug-likeness (QED) is 0.382. The molecule has 1 amide bonds. The van der Waals surface area contributed by atoms with Crippen LogP contribution >= 0.6 is 0 Å². The molecule has 2 N–H and O–H groups in total. The van der Waals surface area contributed by atoms with E-state index in [2.05, 4.69) is 10.3 Å². The molecule has 4 aromatic rings. The van der Waals surface area contributed by atoms with E-state index < -0.39 is 22.7 Å². The maximum Gasteiger partial charge on any atom is 0.325 e. The number of nitrogens with one attached hydrogen (secondary N) is 1. The molecule has 6 rings (SSSR count). The summed E-state index contributed by atoms with van der Waals surface area (Å²) in [4.78, 5) is 42.4. The van der Waals surface area contributed by atoms with Crippen LogP contribution in [-0.4, -0.2) is 32.6 Å². The Hall–Kier alpha value is -4.77. The minimum atomic E-state index is -1.43. The van der Waals surface area contributed by atoms with Gasteiger partial charge in [-0.3, -0.25) is 14.4 Å². The fourth-order valence-electron chi connectivity index (χ4n) is 5.80. The lowest BCUT2D eigenvalue weighted by Gasteiger charge is -2.14. The fraction of sp³-hybridized carbons (Fsp3) is 0.258. The van der Waals surface area contributed by atoms with Crippen molar-refractivity contribution in [2.24, 2.45) is 10.8 Å². The average molecular weight is 519 g/mol. The number of nitrogens with zero attached hydrogens (tertiary/aromatic N) is 3. The SMILES string of the molecule is CC1(C)C(c2ccc(-c3cccc(-n4cc(C(=O)NC5CC5)c(=O)c5cccnc54)c3)cc2)C1(C#N)C(=O)O. The summed E-state index contributed by atoms with van der Waals surface area (Å²) in [5, 5.41) is 22.7. The molecular weight excluding hydrogens is 492 g/mol. The Morgan fingerprint density at radius 2 is 1.82 bits per heavy atom. The molecule has 0 bridgehead atoms. The Labute approximate surface area is 224 Å². The first-order valence-electron chi connectivity index (χ1n) is 12.9. The maximum atomic E-state index is 13.1. The molecule has 2 aromatic carbocycles. The van der Waals surface area contributed by atoms with Gasteiger partial charge in [-0.1, -0.05) is 50.2 Å². The number of carbonyl (C=O) groups excluding carboxylic acids is 1. The van der Waals surface area contributed by atoms with Crippen LogP contribution in [0.3, 0.4) is 0 Å². The van der Waals surface area contributed by atoms with Gasteiger partial charge in [0.1, 0.15) is 11.2 Å². The van der Waals surface area contributed by atoms with Crippen molar-refractivity contribution in [3.63, 3.8) is 0 Å². The zero-order valence-corrected chi connectivity index (χ0v) is 21.5. The van der Waals surface area contributed by atoms with E-state index in [4.69, 9.17) is 0 Å². The fourth-order valence-corrected chi connectivity index (χ4v) is 5.80. The Bertz CT molecular complexity index is 1760. The number of hydrogen-bond donors (Lipinski definition) is 2. The second-order valence-corrected chi connectivity index (χ2v) is 10.9. The van der Waals surface area contributed by atoms with Crippen LogP contribution in [0.4, 0.5) is 0 Å². The Kier molecular flexibility index (Phi) is 5.44. The molecule has 2 fully saturated rings. The first-order valence-corrected chi connectivity index (χ1v) is 12.9. The molecule has 0 spiro atoms. The van der Waals surface area contributed by atoms with Gasteiger partial charge in [0.05, 0.1) is 11.5 Å². The predicted molar refractivity (Wildman–Crippen MR) is 145 cm³/mol. The lowest BCUT2D eigenvalue weighted by Crippen LogP contribution is -2.31. The van der Waals surface area contributed by atoms with Crippen molar-refractivity contribution in [3.8, 4) is 22.9 Å². The molecule has 194 valence electrons. The zero-order valence-electron chi connectivity index (χ0n) is 21.5. The normalized spacial score (nSPS) is 21.2. The van der Waals surface area contributed by atoms with Crippen LogP contribution in [0.2, 0.25) is 0 Å². The molecule has 2 aliphatic carbocycles. The van der Waals surface area contributed by atoms with Gasteiger partial charge in [-0.2, -0.15) is 5.26 Å². The third-order valence-corrected chi connectivity index (χ3v) is 8.22. The first kappa shape index (κ1) is 24.6. The number of benzene rings is 2. The zero-order chi connectivity index (χ0) is 27.5. The highest BCUT2D eigenvalue weighted by molar-refractivity contribution is 5.97. The lowest BCUT2D eigenvalue weighted by atomic mass is 9.97. The Balaban J connectivity index is 1.38. The van der Waals surface area contributed by atoms with Crippen molar-refractivity contribution in [2.45, 2.75) is 38.6 Å². The van der Waals surface area contributed by atoms with Gasteiger partial charge in [0.2, 0.25) is 5.43 Å². The maximum absolute atomic E-state index is 13.1. The highest BCUT2D eigenvalue weighted by Crippen LogP contribution is 2.73. The van der Waals surface area contributed by atoms with E-state index in [0.717, 1.165) is 35.2 Å². The van der Waals surface area contributed by atoms with Crippen molar-refractivity contribution in [3.05, 3.63) is 94.4 Å². The van der Waals surface area contributed by atoms with Crippen molar-refractivity contribution >= 4 is 22.9 Å². The number of carboxylic acid groups (broad SMARTS) is 1. The Morgan fingerprint density at radius 3 is 2.46 bits per heavy atom. The molecule has 2 aliphatic rings. The Morgan fingerprint density at radius 1 is 1.08 bits per heavy atom. The highest BCUT2D eigenvalue weighted by Gasteiger charge is 2.77. The van der Waals surface area contributed by atoms with Crippen molar-refractivity contribution in [1.82, 2.24) is 14.9 Å². The van der Waals surface area contributed by atoms with E-state index in [1.807, 2.05) is 68.4 Å². The molecule has 0 radical (unpaired) electrons. The number of aromatic nitrogens is 2. The monoisotopic (exact) mass is 518 g/mol. The van der Waals surface area contributed by atoms with E-state index >= 15 is 0 Å². The van der Waals surface area contributed by atoms with Gasteiger partial charge < -0.3 is 15.0 Å². The van der Waals surface area contributed by atoms with E-state index in [9.17, 15) is 24.8 Å². The van der Waals surface area contributed by atoms with Gasteiger partial charge in [0.25, 0.3) is 5.91 Å². The molecule has 2 aromatic heterocycles. The number of aliphatic carboxylic acids is 1. The minimum Gasteiger partial charge on any atom is -0.480 e. The first-order chi connectivity index (χ1) is 18.7. The highest BCUT2D eigenvalue weighted by atomic mass is 16.4.